The first-order valence-corrected chi connectivity index (χ1v) is 8.47. The Kier molecular flexibility index (Phi) is 4.55. The van der Waals surface area contributed by atoms with Crippen LogP contribution in [0.25, 0.3) is 10.9 Å². The van der Waals surface area contributed by atoms with Gasteiger partial charge in [-0.3, -0.25) is 3.97 Å². The minimum atomic E-state index is -0.307. The summed E-state index contributed by atoms with van der Waals surface area (Å²) in [6.45, 7) is 2.17. The van der Waals surface area contributed by atoms with E-state index in [4.69, 9.17) is 4.74 Å². The van der Waals surface area contributed by atoms with Gasteiger partial charge in [0.15, 0.2) is 0 Å². The number of rotatable bonds is 4. The fourth-order valence-electron chi connectivity index (χ4n) is 2.18. The van der Waals surface area contributed by atoms with Gasteiger partial charge in [0.2, 0.25) is 0 Å². The number of fused-ring (bicyclic) bond motifs is 1. The van der Waals surface area contributed by atoms with Crippen LogP contribution in [0, 0.1) is 0 Å². The molecule has 0 N–H and O–H groups in total. The third kappa shape index (κ3) is 3.05. The molecule has 1 heterocycles. The topological polar surface area (TPSA) is 31.2 Å². The van der Waals surface area contributed by atoms with Gasteiger partial charge < -0.3 is 4.74 Å². The van der Waals surface area contributed by atoms with Crippen molar-refractivity contribution in [3.63, 3.8) is 0 Å². The Bertz CT molecular complexity index is 814. The molecule has 0 spiro atoms. The Morgan fingerprint density at radius 2 is 1.95 bits per heavy atom. The molecule has 112 valence electrons. The van der Waals surface area contributed by atoms with Crippen LogP contribution in [0.3, 0.4) is 0 Å². The summed E-state index contributed by atoms with van der Waals surface area (Å²) in [5.41, 5.74) is 1.52. The van der Waals surface area contributed by atoms with E-state index in [1.807, 2.05) is 65.5 Å². The Balaban J connectivity index is 2.13. The van der Waals surface area contributed by atoms with Crippen molar-refractivity contribution in [1.82, 2.24) is 3.97 Å². The molecule has 0 fully saturated rings. The molecule has 22 heavy (non-hydrogen) atoms. The van der Waals surface area contributed by atoms with E-state index in [0.717, 1.165) is 20.3 Å². The second kappa shape index (κ2) is 6.58. The molecule has 0 radical (unpaired) electrons. The fourth-order valence-corrected chi connectivity index (χ4v) is 3.50. The lowest BCUT2D eigenvalue weighted by Crippen LogP contribution is -2.08. The number of aromatic nitrogens is 1. The number of carbonyl (C=O) groups is 1. The summed E-state index contributed by atoms with van der Waals surface area (Å²) in [7, 11) is 0. The predicted octanol–water partition coefficient (Wildman–Crippen LogP) is 5.14. The van der Waals surface area contributed by atoms with Gasteiger partial charge in [0.05, 0.1) is 12.1 Å². The van der Waals surface area contributed by atoms with E-state index in [9.17, 15) is 4.79 Å². The van der Waals surface area contributed by atoms with Gasteiger partial charge in [-0.1, -0.05) is 40.2 Å². The number of ether oxygens (including phenoxy) is 1. The molecule has 3 nitrogen and oxygen atoms in total. The van der Waals surface area contributed by atoms with Gasteiger partial charge in [0.1, 0.15) is 5.69 Å². The molecule has 1 aromatic heterocycles. The van der Waals surface area contributed by atoms with Crippen molar-refractivity contribution in [2.75, 3.05) is 6.61 Å². The second-order valence-corrected chi connectivity index (χ2v) is 6.59. The number of carbonyl (C=O) groups excluding carboxylic acids is 1. The highest BCUT2D eigenvalue weighted by molar-refractivity contribution is 9.10. The van der Waals surface area contributed by atoms with Crippen LogP contribution in [0.2, 0.25) is 0 Å². The normalized spacial score (nSPS) is 10.8. The zero-order chi connectivity index (χ0) is 15.5. The van der Waals surface area contributed by atoms with Gasteiger partial charge in [-0.2, -0.15) is 0 Å². The number of esters is 1. The minimum absolute atomic E-state index is 0.307. The lowest BCUT2D eigenvalue weighted by atomic mass is 10.2. The third-order valence-corrected chi connectivity index (χ3v) is 4.70. The highest BCUT2D eigenvalue weighted by Crippen LogP contribution is 2.31. The highest BCUT2D eigenvalue weighted by atomic mass is 79.9. The SMILES string of the molecule is CCOC(=O)c1cc2ccc(Br)cc2n1Sc1ccccc1. The Labute approximate surface area is 141 Å². The van der Waals surface area contributed by atoms with Crippen LogP contribution >= 0.6 is 27.9 Å². The van der Waals surface area contributed by atoms with E-state index in [1.54, 1.807) is 0 Å². The van der Waals surface area contributed by atoms with Crippen LogP contribution in [0.15, 0.2) is 64.0 Å². The number of benzene rings is 2. The molecule has 0 aliphatic carbocycles. The predicted molar refractivity (Wildman–Crippen MR) is 93.3 cm³/mol. The number of hydrogen-bond donors (Lipinski definition) is 0. The molecule has 3 rings (SSSR count). The van der Waals surface area contributed by atoms with Gasteiger partial charge in [-0.25, -0.2) is 4.79 Å². The molecule has 0 bridgehead atoms. The molecule has 2 aromatic carbocycles. The van der Waals surface area contributed by atoms with Crippen LogP contribution in [0.5, 0.6) is 0 Å². The van der Waals surface area contributed by atoms with Gasteiger partial charge >= 0.3 is 5.97 Å². The van der Waals surface area contributed by atoms with Crippen molar-refractivity contribution in [1.29, 1.82) is 0 Å². The molecular formula is C17H14BrNO2S. The first kappa shape index (κ1) is 15.2. The molecule has 0 unspecified atom stereocenters. The van der Waals surface area contributed by atoms with Crippen LogP contribution < -0.4 is 0 Å². The zero-order valence-electron chi connectivity index (χ0n) is 12.0. The maximum atomic E-state index is 12.2. The zero-order valence-corrected chi connectivity index (χ0v) is 14.4. The standard InChI is InChI=1S/C17H14BrNO2S/c1-2-21-17(20)16-10-12-8-9-13(18)11-15(12)19(16)22-14-6-4-3-5-7-14/h3-11H,2H2,1H3. The largest absolute Gasteiger partial charge is 0.461 e. The van der Waals surface area contributed by atoms with Crippen LogP contribution in [0.4, 0.5) is 0 Å². The van der Waals surface area contributed by atoms with E-state index < -0.39 is 0 Å². The summed E-state index contributed by atoms with van der Waals surface area (Å²) < 4.78 is 8.08. The van der Waals surface area contributed by atoms with E-state index in [0.29, 0.717) is 12.3 Å². The number of halogens is 1. The summed E-state index contributed by atoms with van der Waals surface area (Å²) in [4.78, 5) is 13.3. The van der Waals surface area contributed by atoms with Crippen molar-refractivity contribution in [2.45, 2.75) is 11.8 Å². The second-order valence-electron chi connectivity index (χ2n) is 4.65. The van der Waals surface area contributed by atoms with Gasteiger partial charge in [-0.05, 0) is 49.2 Å². The van der Waals surface area contributed by atoms with E-state index >= 15 is 0 Å². The number of nitrogens with zero attached hydrogens (tertiary/aromatic N) is 1. The lowest BCUT2D eigenvalue weighted by Gasteiger charge is -2.09. The van der Waals surface area contributed by atoms with Crippen molar-refractivity contribution in [2.24, 2.45) is 0 Å². The van der Waals surface area contributed by atoms with Gasteiger partial charge in [0.25, 0.3) is 0 Å². The van der Waals surface area contributed by atoms with E-state index in [1.165, 1.54) is 11.9 Å². The molecule has 0 atom stereocenters. The Morgan fingerprint density at radius 3 is 2.68 bits per heavy atom. The smallest absolute Gasteiger partial charge is 0.355 e. The number of hydrogen-bond acceptors (Lipinski definition) is 3. The summed E-state index contributed by atoms with van der Waals surface area (Å²) in [5.74, 6) is -0.307. The Morgan fingerprint density at radius 1 is 1.18 bits per heavy atom. The average Bonchev–Trinajstić information content (AvgIpc) is 2.87. The summed E-state index contributed by atoms with van der Waals surface area (Å²) in [6.07, 6.45) is 0. The average molecular weight is 376 g/mol. The maximum absolute atomic E-state index is 12.2. The minimum Gasteiger partial charge on any atom is -0.461 e. The van der Waals surface area contributed by atoms with Gasteiger partial charge in [-0.15, -0.1) is 0 Å². The first-order valence-electron chi connectivity index (χ1n) is 6.90. The van der Waals surface area contributed by atoms with Crippen molar-refractivity contribution >= 4 is 44.8 Å². The van der Waals surface area contributed by atoms with Crippen LogP contribution in [0.1, 0.15) is 17.4 Å². The molecule has 0 aliphatic rings. The molecule has 0 saturated carbocycles. The molecule has 3 aromatic rings. The third-order valence-electron chi connectivity index (χ3n) is 3.15. The quantitative estimate of drug-likeness (QED) is 0.591. The van der Waals surface area contributed by atoms with Crippen LogP contribution in [-0.2, 0) is 4.74 Å². The monoisotopic (exact) mass is 375 g/mol. The molecule has 5 heteroatoms. The van der Waals surface area contributed by atoms with Gasteiger partial charge in [0, 0.05) is 14.8 Å². The Hall–Kier alpha value is -1.72. The fraction of sp³-hybridized carbons (Fsp3) is 0.118. The van der Waals surface area contributed by atoms with E-state index in [2.05, 4.69) is 15.9 Å². The molecule has 0 amide bonds. The van der Waals surface area contributed by atoms with Crippen molar-refractivity contribution in [3.8, 4) is 0 Å². The van der Waals surface area contributed by atoms with Crippen molar-refractivity contribution in [3.05, 3.63) is 64.8 Å². The van der Waals surface area contributed by atoms with Crippen LogP contribution in [-0.4, -0.2) is 16.5 Å². The van der Waals surface area contributed by atoms with E-state index in [-0.39, 0.29) is 5.97 Å². The molecule has 0 saturated heterocycles. The summed E-state index contributed by atoms with van der Waals surface area (Å²) in [6, 6.07) is 17.8. The molecule has 0 aliphatic heterocycles. The lowest BCUT2D eigenvalue weighted by molar-refractivity contribution is 0.0519. The summed E-state index contributed by atoms with van der Waals surface area (Å²) in [5, 5.41) is 1.01. The molecular weight excluding hydrogens is 362 g/mol. The maximum Gasteiger partial charge on any atom is 0.355 e. The summed E-state index contributed by atoms with van der Waals surface area (Å²) >= 11 is 5.00. The highest BCUT2D eigenvalue weighted by Gasteiger charge is 2.18. The van der Waals surface area contributed by atoms with Crippen molar-refractivity contribution < 1.29 is 9.53 Å². The first-order chi connectivity index (χ1) is 10.7.